The van der Waals surface area contributed by atoms with Crippen LogP contribution in [0.15, 0.2) is 72.2 Å². The minimum absolute atomic E-state index is 0.130. The summed E-state index contributed by atoms with van der Waals surface area (Å²) < 4.78 is 5.70. The van der Waals surface area contributed by atoms with Crippen molar-refractivity contribution >= 4 is 23.0 Å². The zero-order valence-corrected chi connectivity index (χ0v) is 24.7. The highest BCUT2D eigenvalue weighted by Gasteiger charge is 2.19. The first-order valence-electron chi connectivity index (χ1n) is 14.1. The van der Waals surface area contributed by atoms with Gasteiger partial charge in [-0.15, -0.1) is 11.3 Å². The van der Waals surface area contributed by atoms with Gasteiger partial charge in [0.05, 0.1) is 11.3 Å². The molecule has 4 rings (SSSR count). The number of anilines is 1. The molecule has 0 aliphatic heterocycles. The van der Waals surface area contributed by atoms with Crippen molar-refractivity contribution in [3.05, 3.63) is 93.9 Å². The number of carboxylic acid groups (broad SMARTS) is 1. The molecular formula is C33H39N3O3S. The summed E-state index contributed by atoms with van der Waals surface area (Å²) in [5.74, 6) is -0.111. The summed E-state index contributed by atoms with van der Waals surface area (Å²) in [6, 6.07) is 21.4. The lowest BCUT2D eigenvalue weighted by Crippen LogP contribution is -2.34. The Bertz CT molecular complexity index is 1340. The highest BCUT2D eigenvalue weighted by atomic mass is 32.1. The van der Waals surface area contributed by atoms with Crippen LogP contribution in [0.25, 0.3) is 11.3 Å². The Labute approximate surface area is 241 Å². The molecule has 2 heterocycles. The number of thiazole rings is 1. The van der Waals surface area contributed by atoms with Gasteiger partial charge < -0.3 is 14.7 Å². The van der Waals surface area contributed by atoms with Crippen molar-refractivity contribution in [3.63, 3.8) is 0 Å². The first-order valence-corrected chi connectivity index (χ1v) is 15.0. The number of hydrogen-bond donors (Lipinski definition) is 1. The Balaban J connectivity index is 1.44. The monoisotopic (exact) mass is 557 g/mol. The van der Waals surface area contributed by atoms with E-state index in [2.05, 4.69) is 86.1 Å². The SMILES string of the molecule is CCCC(CCC)N(Cc1ccc(-c2csc(COc3ccc(C(=O)O)cn3)n2)cc1)c1ccc(C(C)C)cc1. The molecule has 0 aliphatic rings. The molecule has 7 heteroatoms. The summed E-state index contributed by atoms with van der Waals surface area (Å²) in [5.41, 5.74) is 6.06. The molecule has 0 atom stereocenters. The summed E-state index contributed by atoms with van der Waals surface area (Å²) in [7, 11) is 0. The van der Waals surface area contributed by atoms with Gasteiger partial charge in [-0.3, -0.25) is 0 Å². The highest BCUT2D eigenvalue weighted by molar-refractivity contribution is 7.09. The molecule has 2 aromatic carbocycles. The van der Waals surface area contributed by atoms with Crippen LogP contribution in [-0.2, 0) is 13.2 Å². The smallest absolute Gasteiger partial charge is 0.337 e. The Morgan fingerprint density at radius 3 is 2.25 bits per heavy atom. The topological polar surface area (TPSA) is 75.5 Å². The lowest BCUT2D eigenvalue weighted by atomic mass is 10.00. The Hall–Kier alpha value is -3.71. The zero-order valence-electron chi connectivity index (χ0n) is 23.8. The van der Waals surface area contributed by atoms with Crippen LogP contribution in [0.5, 0.6) is 5.88 Å². The van der Waals surface area contributed by atoms with Crippen molar-refractivity contribution in [3.8, 4) is 17.1 Å². The van der Waals surface area contributed by atoms with E-state index in [0.717, 1.165) is 22.8 Å². The maximum atomic E-state index is 11.0. The van der Waals surface area contributed by atoms with Crippen LogP contribution in [0.2, 0.25) is 0 Å². The van der Waals surface area contributed by atoms with Gasteiger partial charge in [0.1, 0.15) is 11.6 Å². The van der Waals surface area contributed by atoms with E-state index in [4.69, 9.17) is 14.8 Å². The number of pyridine rings is 1. The predicted molar refractivity (Wildman–Crippen MR) is 163 cm³/mol. The van der Waals surface area contributed by atoms with Gasteiger partial charge in [-0.05, 0) is 48.1 Å². The predicted octanol–water partition coefficient (Wildman–Crippen LogP) is 8.58. The fourth-order valence-corrected chi connectivity index (χ4v) is 5.53. The highest BCUT2D eigenvalue weighted by Crippen LogP contribution is 2.28. The van der Waals surface area contributed by atoms with E-state index >= 15 is 0 Å². The number of rotatable bonds is 14. The second-order valence-corrected chi connectivity index (χ2v) is 11.4. The van der Waals surface area contributed by atoms with Crippen molar-refractivity contribution in [2.75, 3.05) is 4.90 Å². The summed E-state index contributed by atoms with van der Waals surface area (Å²) in [6.45, 7) is 10.2. The van der Waals surface area contributed by atoms with Crippen LogP contribution < -0.4 is 9.64 Å². The molecule has 6 nitrogen and oxygen atoms in total. The van der Waals surface area contributed by atoms with E-state index in [1.165, 1.54) is 66.1 Å². The van der Waals surface area contributed by atoms with Crippen molar-refractivity contribution in [2.45, 2.75) is 78.5 Å². The third-order valence-electron chi connectivity index (χ3n) is 7.06. The summed E-state index contributed by atoms with van der Waals surface area (Å²) in [6.07, 6.45) is 6.00. The molecule has 2 aromatic heterocycles. The number of carbonyl (C=O) groups is 1. The fourth-order valence-electron chi connectivity index (χ4n) is 4.82. The van der Waals surface area contributed by atoms with Crippen LogP contribution in [0.1, 0.15) is 85.8 Å². The molecule has 0 unspecified atom stereocenters. The van der Waals surface area contributed by atoms with Gasteiger partial charge in [-0.25, -0.2) is 14.8 Å². The quantitative estimate of drug-likeness (QED) is 0.167. The molecule has 1 N–H and O–H groups in total. The van der Waals surface area contributed by atoms with Crippen molar-refractivity contribution in [1.82, 2.24) is 9.97 Å². The van der Waals surface area contributed by atoms with Gasteiger partial charge in [0.15, 0.2) is 0 Å². The van der Waals surface area contributed by atoms with Crippen LogP contribution in [0.3, 0.4) is 0 Å². The van der Waals surface area contributed by atoms with Gasteiger partial charge in [-0.1, -0.05) is 76.9 Å². The number of benzene rings is 2. The third-order valence-corrected chi connectivity index (χ3v) is 7.88. The largest absolute Gasteiger partial charge is 0.478 e. The third kappa shape index (κ3) is 7.69. The van der Waals surface area contributed by atoms with Crippen LogP contribution in [-0.4, -0.2) is 27.1 Å². The van der Waals surface area contributed by atoms with E-state index in [-0.39, 0.29) is 12.2 Å². The average molecular weight is 558 g/mol. The number of hydrogen-bond acceptors (Lipinski definition) is 6. The van der Waals surface area contributed by atoms with Gasteiger partial charge in [-0.2, -0.15) is 0 Å². The minimum Gasteiger partial charge on any atom is -0.478 e. The van der Waals surface area contributed by atoms with Crippen LogP contribution in [0.4, 0.5) is 5.69 Å². The standard InChI is InChI=1S/C33H39N3O3S/c1-5-7-28(8-6-2)36(29-16-13-25(14-17-29)23(3)4)20-24-9-11-26(12-10-24)30-22-40-32(35-30)21-39-31-18-15-27(19-34-31)33(37)38/h9-19,22-23,28H,5-8,20-21H2,1-4H3,(H,37,38). The zero-order chi connectivity index (χ0) is 28.5. The summed E-state index contributed by atoms with van der Waals surface area (Å²) in [4.78, 5) is 22.4. The van der Waals surface area contributed by atoms with E-state index in [0.29, 0.717) is 17.8 Å². The summed E-state index contributed by atoms with van der Waals surface area (Å²) in [5, 5.41) is 11.9. The first kappa shape index (κ1) is 29.3. The molecule has 0 saturated carbocycles. The summed E-state index contributed by atoms with van der Waals surface area (Å²) >= 11 is 1.54. The van der Waals surface area contributed by atoms with Gasteiger partial charge >= 0.3 is 5.97 Å². The number of carboxylic acids is 1. The molecule has 4 aromatic rings. The molecule has 210 valence electrons. The normalized spacial score (nSPS) is 11.2. The molecule has 0 amide bonds. The molecule has 0 bridgehead atoms. The first-order chi connectivity index (χ1) is 19.4. The molecule has 40 heavy (non-hydrogen) atoms. The number of ether oxygens (including phenoxy) is 1. The minimum atomic E-state index is -1.01. The molecule has 0 fully saturated rings. The van der Waals surface area contributed by atoms with Gasteiger partial charge in [0.2, 0.25) is 5.88 Å². The number of aromatic nitrogens is 2. The van der Waals surface area contributed by atoms with E-state index in [9.17, 15) is 4.79 Å². The Morgan fingerprint density at radius 2 is 1.68 bits per heavy atom. The van der Waals surface area contributed by atoms with E-state index < -0.39 is 5.97 Å². The average Bonchev–Trinajstić information content (AvgIpc) is 3.44. The second kappa shape index (κ2) is 14.1. The fraction of sp³-hybridized carbons (Fsp3) is 0.364. The maximum absolute atomic E-state index is 11.0. The van der Waals surface area contributed by atoms with Gasteiger partial charge in [0.25, 0.3) is 0 Å². The molecule has 0 spiro atoms. The van der Waals surface area contributed by atoms with Crippen molar-refractivity contribution in [2.24, 2.45) is 0 Å². The number of aromatic carboxylic acids is 1. The molecular weight excluding hydrogens is 518 g/mol. The van der Waals surface area contributed by atoms with Gasteiger partial charge in [0, 0.05) is 41.5 Å². The Kier molecular flexibility index (Phi) is 10.3. The van der Waals surface area contributed by atoms with Crippen molar-refractivity contribution < 1.29 is 14.6 Å². The molecule has 0 radical (unpaired) electrons. The van der Waals surface area contributed by atoms with Crippen LogP contribution in [0, 0.1) is 0 Å². The lowest BCUT2D eigenvalue weighted by molar-refractivity contribution is 0.0696. The number of nitrogens with zero attached hydrogens (tertiary/aromatic N) is 3. The van der Waals surface area contributed by atoms with E-state index in [1.807, 2.05) is 5.38 Å². The Morgan fingerprint density at radius 1 is 0.975 bits per heavy atom. The molecule has 0 saturated heterocycles. The van der Waals surface area contributed by atoms with E-state index in [1.54, 1.807) is 6.07 Å². The van der Waals surface area contributed by atoms with Crippen molar-refractivity contribution in [1.29, 1.82) is 0 Å². The lowest BCUT2D eigenvalue weighted by Gasteiger charge is -2.34. The molecule has 0 aliphatic carbocycles. The van der Waals surface area contributed by atoms with Crippen LogP contribution >= 0.6 is 11.3 Å². The maximum Gasteiger partial charge on any atom is 0.337 e. The second-order valence-electron chi connectivity index (χ2n) is 10.4.